The van der Waals surface area contributed by atoms with Gasteiger partial charge in [-0.2, -0.15) is 0 Å². The summed E-state index contributed by atoms with van der Waals surface area (Å²) in [6, 6.07) is 12.5. The van der Waals surface area contributed by atoms with Gasteiger partial charge >= 0.3 is 0 Å². The fraction of sp³-hybridized carbons (Fsp3) is 0.647. The monoisotopic (exact) mass is 260 g/mol. The van der Waals surface area contributed by atoms with E-state index in [2.05, 4.69) is 68.4 Å². The Morgan fingerprint density at radius 2 is 1.84 bits per heavy atom. The summed E-state index contributed by atoms with van der Waals surface area (Å²) in [6.45, 7) is 8.35. The van der Waals surface area contributed by atoms with E-state index in [1.165, 1.54) is 24.9 Å². The van der Waals surface area contributed by atoms with E-state index in [4.69, 9.17) is 0 Å². The first-order valence-electron chi connectivity index (χ1n) is 7.61. The van der Waals surface area contributed by atoms with Crippen LogP contribution in [-0.4, -0.2) is 30.6 Å². The standard InChI is InChI=1S/C17H28N2/c1-13-10-11-14(2)19(12-13)15(3)17(18-4)16-8-6-5-7-9-16/h5-9,13-15,17-18H,10-12H2,1-4H3. The molecule has 1 aromatic carbocycles. The van der Waals surface area contributed by atoms with Crippen molar-refractivity contribution in [1.82, 2.24) is 10.2 Å². The molecule has 4 unspecified atom stereocenters. The van der Waals surface area contributed by atoms with Gasteiger partial charge in [-0.05, 0) is 45.2 Å². The third-order valence-electron chi connectivity index (χ3n) is 4.64. The van der Waals surface area contributed by atoms with Crippen LogP contribution < -0.4 is 5.32 Å². The highest BCUT2D eigenvalue weighted by molar-refractivity contribution is 5.20. The molecule has 1 fully saturated rings. The summed E-state index contributed by atoms with van der Waals surface area (Å²) < 4.78 is 0. The molecule has 0 bridgehead atoms. The van der Waals surface area contributed by atoms with Crippen LogP contribution in [0.3, 0.4) is 0 Å². The van der Waals surface area contributed by atoms with Crippen LogP contribution in [-0.2, 0) is 0 Å². The zero-order valence-electron chi connectivity index (χ0n) is 12.8. The van der Waals surface area contributed by atoms with E-state index in [1.54, 1.807) is 0 Å². The molecule has 1 saturated heterocycles. The van der Waals surface area contributed by atoms with Crippen molar-refractivity contribution in [3.05, 3.63) is 35.9 Å². The van der Waals surface area contributed by atoms with Crippen molar-refractivity contribution in [2.45, 2.75) is 51.7 Å². The van der Waals surface area contributed by atoms with Crippen LogP contribution in [0.15, 0.2) is 30.3 Å². The number of hydrogen-bond acceptors (Lipinski definition) is 2. The van der Waals surface area contributed by atoms with Crippen LogP contribution in [0.5, 0.6) is 0 Å². The highest BCUT2D eigenvalue weighted by Crippen LogP contribution is 2.28. The minimum Gasteiger partial charge on any atom is -0.312 e. The second-order valence-corrected chi connectivity index (χ2v) is 6.15. The van der Waals surface area contributed by atoms with Crippen molar-refractivity contribution < 1.29 is 0 Å². The molecular weight excluding hydrogens is 232 g/mol. The summed E-state index contributed by atoms with van der Waals surface area (Å²) in [6.07, 6.45) is 2.71. The molecule has 19 heavy (non-hydrogen) atoms. The molecule has 0 aromatic heterocycles. The molecule has 2 nitrogen and oxygen atoms in total. The molecular formula is C17H28N2. The second kappa shape index (κ2) is 6.53. The van der Waals surface area contributed by atoms with E-state index >= 15 is 0 Å². The predicted molar refractivity (Wildman–Crippen MR) is 82.3 cm³/mol. The quantitative estimate of drug-likeness (QED) is 0.892. The lowest BCUT2D eigenvalue weighted by atomic mass is 9.90. The Morgan fingerprint density at radius 1 is 1.16 bits per heavy atom. The summed E-state index contributed by atoms with van der Waals surface area (Å²) in [5.74, 6) is 0.826. The van der Waals surface area contributed by atoms with Crippen LogP contribution in [0.25, 0.3) is 0 Å². The van der Waals surface area contributed by atoms with Gasteiger partial charge in [-0.3, -0.25) is 4.90 Å². The lowest BCUT2D eigenvalue weighted by Gasteiger charge is -2.43. The first kappa shape index (κ1) is 14.5. The number of likely N-dealkylation sites (N-methyl/N-ethyl adjacent to an activating group) is 1. The van der Waals surface area contributed by atoms with Crippen molar-refractivity contribution in [2.24, 2.45) is 5.92 Å². The van der Waals surface area contributed by atoms with E-state index in [1.807, 2.05) is 0 Å². The van der Waals surface area contributed by atoms with Gasteiger partial charge in [0.1, 0.15) is 0 Å². The maximum Gasteiger partial charge on any atom is 0.0473 e. The maximum absolute atomic E-state index is 3.51. The maximum atomic E-state index is 3.51. The van der Waals surface area contributed by atoms with E-state index < -0.39 is 0 Å². The van der Waals surface area contributed by atoms with Crippen molar-refractivity contribution in [2.75, 3.05) is 13.6 Å². The minimum absolute atomic E-state index is 0.411. The molecule has 2 rings (SSSR count). The largest absolute Gasteiger partial charge is 0.312 e. The molecule has 4 atom stereocenters. The van der Waals surface area contributed by atoms with Gasteiger partial charge in [-0.1, -0.05) is 37.3 Å². The summed E-state index contributed by atoms with van der Waals surface area (Å²) in [5, 5.41) is 3.51. The zero-order valence-corrected chi connectivity index (χ0v) is 12.8. The van der Waals surface area contributed by atoms with Crippen LogP contribution >= 0.6 is 0 Å². The second-order valence-electron chi connectivity index (χ2n) is 6.15. The normalized spacial score (nSPS) is 28.0. The Kier molecular flexibility index (Phi) is 5.00. The van der Waals surface area contributed by atoms with Crippen LogP contribution in [0.2, 0.25) is 0 Å². The molecule has 0 spiro atoms. The first-order valence-corrected chi connectivity index (χ1v) is 7.61. The van der Waals surface area contributed by atoms with E-state index in [0.29, 0.717) is 18.1 Å². The van der Waals surface area contributed by atoms with Crippen molar-refractivity contribution in [3.8, 4) is 0 Å². The smallest absolute Gasteiger partial charge is 0.0473 e. The third kappa shape index (κ3) is 3.37. The third-order valence-corrected chi connectivity index (χ3v) is 4.64. The topological polar surface area (TPSA) is 15.3 Å². The van der Waals surface area contributed by atoms with Crippen molar-refractivity contribution >= 4 is 0 Å². The molecule has 2 heteroatoms. The fourth-order valence-electron chi connectivity index (χ4n) is 3.43. The molecule has 0 radical (unpaired) electrons. The van der Waals surface area contributed by atoms with E-state index in [0.717, 1.165) is 5.92 Å². The lowest BCUT2D eigenvalue weighted by molar-refractivity contribution is 0.0667. The van der Waals surface area contributed by atoms with Gasteiger partial charge in [0.05, 0.1) is 0 Å². The number of nitrogens with one attached hydrogen (secondary N) is 1. The van der Waals surface area contributed by atoms with Gasteiger partial charge in [0.25, 0.3) is 0 Å². The SMILES string of the molecule is CNC(c1ccccc1)C(C)N1CC(C)CCC1C. The van der Waals surface area contributed by atoms with E-state index in [-0.39, 0.29) is 0 Å². The van der Waals surface area contributed by atoms with Crippen LogP contribution in [0, 0.1) is 5.92 Å². The highest BCUT2D eigenvalue weighted by atomic mass is 15.2. The van der Waals surface area contributed by atoms with Gasteiger partial charge in [-0.15, -0.1) is 0 Å². The fourth-order valence-corrected chi connectivity index (χ4v) is 3.43. The van der Waals surface area contributed by atoms with Crippen molar-refractivity contribution in [3.63, 3.8) is 0 Å². The van der Waals surface area contributed by atoms with Crippen LogP contribution in [0.1, 0.15) is 45.2 Å². The average molecular weight is 260 g/mol. The van der Waals surface area contributed by atoms with Gasteiger partial charge in [0.2, 0.25) is 0 Å². The number of nitrogens with zero attached hydrogens (tertiary/aromatic N) is 1. The van der Waals surface area contributed by atoms with E-state index in [9.17, 15) is 0 Å². The lowest BCUT2D eigenvalue weighted by Crippen LogP contribution is -2.50. The Labute approximate surface area is 118 Å². The van der Waals surface area contributed by atoms with Crippen molar-refractivity contribution in [1.29, 1.82) is 0 Å². The Bertz CT molecular complexity index is 376. The Hall–Kier alpha value is -0.860. The summed E-state index contributed by atoms with van der Waals surface area (Å²) in [5.41, 5.74) is 1.39. The van der Waals surface area contributed by atoms with Gasteiger partial charge in [0, 0.05) is 24.7 Å². The minimum atomic E-state index is 0.411. The summed E-state index contributed by atoms with van der Waals surface area (Å²) >= 11 is 0. The van der Waals surface area contributed by atoms with Gasteiger partial charge in [-0.25, -0.2) is 0 Å². The molecule has 1 aromatic rings. The number of benzene rings is 1. The van der Waals surface area contributed by atoms with Gasteiger partial charge < -0.3 is 5.32 Å². The predicted octanol–water partition coefficient (Wildman–Crippen LogP) is 3.46. The van der Waals surface area contributed by atoms with Gasteiger partial charge in [0.15, 0.2) is 0 Å². The highest BCUT2D eigenvalue weighted by Gasteiger charge is 2.31. The number of piperidine rings is 1. The number of hydrogen-bond donors (Lipinski definition) is 1. The molecule has 1 N–H and O–H groups in total. The van der Waals surface area contributed by atoms with Crippen LogP contribution in [0.4, 0.5) is 0 Å². The Balaban J connectivity index is 2.14. The number of likely N-dealkylation sites (tertiary alicyclic amines) is 1. The molecule has 0 amide bonds. The molecule has 1 aliphatic rings. The molecule has 1 heterocycles. The average Bonchev–Trinajstić information content (AvgIpc) is 2.43. The molecule has 0 saturated carbocycles. The summed E-state index contributed by atoms with van der Waals surface area (Å²) in [7, 11) is 2.08. The number of rotatable bonds is 4. The molecule has 106 valence electrons. The Morgan fingerprint density at radius 3 is 2.47 bits per heavy atom. The first-order chi connectivity index (χ1) is 9.13. The molecule has 0 aliphatic carbocycles. The molecule has 1 aliphatic heterocycles. The zero-order chi connectivity index (χ0) is 13.8. The summed E-state index contributed by atoms with van der Waals surface area (Å²) in [4.78, 5) is 2.68.